The minimum absolute atomic E-state index is 0.332. The summed E-state index contributed by atoms with van der Waals surface area (Å²) < 4.78 is 11.6. The first-order valence-corrected chi connectivity index (χ1v) is 9.24. The number of benzene rings is 2. The molecule has 3 aromatic rings. The van der Waals surface area contributed by atoms with Gasteiger partial charge in [0, 0.05) is 40.1 Å². The lowest BCUT2D eigenvalue weighted by Gasteiger charge is -2.17. The molecule has 0 aliphatic rings. The van der Waals surface area contributed by atoms with Gasteiger partial charge in [-0.2, -0.15) is 0 Å². The Kier molecular flexibility index (Phi) is 6.03. The maximum absolute atomic E-state index is 11.8. The van der Waals surface area contributed by atoms with Crippen LogP contribution in [0.1, 0.15) is 11.1 Å². The Bertz CT molecular complexity index is 954. The van der Waals surface area contributed by atoms with E-state index in [1.807, 2.05) is 42.6 Å². The van der Waals surface area contributed by atoms with E-state index in [4.69, 9.17) is 9.47 Å². The Hall–Kier alpha value is -2.51. The Morgan fingerprint density at radius 1 is 1.22 bits per heavy atom. The number of fused-ring (bicyclic) bond motifs is 1. The van der Waals surface area contributed by atoms with E-state index in [1.54, 1.807) is 14.2 Å². The first kappa shape index (κ1) is 19.3. The molecule has 3 N–H and O–H groups in total. The fourth-order valence-electron chi connectivity index (χ4n) is 3.14. The number of aliphatic carboxylic acids is 1. The minimum Gasteiger partial charge on any atom is -0.493 e. The summed E-state index contributed by atoms with van der Waals surface area (Å²) in [5, 5.41) is 13.8. The second kappa shape index (κ2) is 8.45. The van der Waals surface area contributed by atoms with Crippen LogP contribution in [-0.4, -0.2) is 36.3 Å². The van der Waals surface area contributed by atoms with Gasteiger partial charge >= 0.3 is 5.97 Å². The molecule has 3 rings (SSSR count). The number of aromatic amines is 1. The number of para-hydroxylation sites is 1. The molecule has 0 aliphatic heterocycles. The first-order valence-electron chi connectivity index (χ1n) is 8.45. The van der Waals surface area contributed by atoms with E-state index < -0.39 is 12.0 Å². The van der Waals surface area contributed by atoms with Gasteiger partial charge in [-0.05, 0) is 23.8 Å². The van der Waals surface area contributed by atoms with E-state index in [-0.39, 0.29) is 0 Å². The zero-order chi connectivity index (χ0) is 19.4. The normalized spacial score (nSPS) is 12.1. The third kappa shape index (κ3) is 4.26. The molecule has 1 heterocycles. The summed E-state index contributed by atoms with van der Waals surface area (Å²) in [4.78, 5) is 15.0. The van der Waals surface area contributed by atoms with Gasteiger partial charge in [0.15, 0.2) is 11.5 Å². The highest BCUT2D eigenvalue weighted by atomic mass is 79.9. The summed E-state index contributed by atoms with van der Waals surface area (Å²) in [6.07, 6.45) is 2.23. The molecule has 27 heavy (non-hydrogen) atoms. The van der Waals surface area contributed by atoms with Gasteiger partial charge in [0.2, 0.25) is 0 Å². The van der Waals surface area contributed by atoms with E-state index in [0.717, 1.165) is 26.5 Å². The molecular formula is C20H21BrN2O4. The second-order valence-electron chi connectivity index (χ2n) is 6.14. The number of H-pyrrole nitrogens is 1. The average Bonchev–Trinajstić information content (AvgIpc) is 3.07. The fourth-order valence-corrected chi connectivity index (χ4v) is 3.62. The highest BCUT2D eigenvalue weighted by Crippen LogP contribution is 2.34. The maximum Gasteiger partial charge on any atom is 0.321 e. The Balaban J connectivity index is 1.80. The highest BCUT2D eigenvalue weighted by molar-refractivity contribution is 9.10. The van der Waals surface area contributed by atoms with Gasteiger partial charge in [0.25, 0.3) is 0 Å². The predicted molar refractivity (Wildman–Crippen MR) is 108 cm³/mol. The molecule has 0 saturated carbocycles. The topological polar surface area (TPSA) is 83.6 Å². The van der Waals surface area contributed by atoms with Crippen molar-refractivity contribution in [3.05, 3.63) is 58.2 Å². The number of carboxylic acids is 1. The fraction of sp³-hybridized carbons (Fsp3) is 0.250. The number of halogens is 1. The van der Waals surface area contributed by atoms with Gasteiger partial charge in [-0.25, -0.2) is 0 Å². The zero-order valence-corrected chi connectivity index (χ0v) is 16.7. The zero-order valence-electron chi connectivity index (χ0n) is 15.1. The minimum atomic E-state index is -0.902. The SMILES string of the molecule is COc1cc(Br)cc(CN[C@H](Cc2c[nH]c3ccccc23)C(=O)O)c1OC. The maximum atomic E-state index is 11.8. The largest absolute Gasteiger partial charge is 0.493 e. The molecular weight excluding hydrogens is 412 g/mol. The molecule has 142 valence electrons. The van der Waals surface area contributed by atoms with E-state index in [9.17, 15) is 9.90 Å². The van der Waals surface area contributed by atoms with E-state index >= 15 is 0 Å². The van der Waals surface area contributed by atoms with Crippen molar-refractivity contribution in [1.82, 2.24) is 10.3 Å². The van der Waals surface area contributed by atoms with Gasteiger partial charge < -0.3 is 19.6 Å². The van der Waals surface area contributed by atoms with Crippen LogP contribution < -0.4 is 14.8 Å². The Morgan fingerprint density at radius 3 is 2.70 bits per heavy atom. The van der Waals surface area contributed by atoms with Crippen molar-refractivity contribution in [3.63, 3.8) is 0 Å². The number of nitrogens with one attached hydrogen (secondary N) is 2. The number of hydrogen-bond donors (Lipinski definition) is 3. The lowest BCUT2D eigenvalue weighted by molar-refractivity contribution is -0.139. The molecule has 1 aromatic heterocycles. The lowest BCUT2D eigenvalue weighted by Crippen LogP contribution is -2.38. The van der Waals surface area contributed by atoms with Crippen LogP contribution in [-0.2, 0) is 17.8 Å². The van der Waals surface area contributed by atoms with Crippen LogP contribution in [0.25, 0.3) is 10.9 Å². The number of methoxy groups -OCH3 is 2. The average molecular weight is 433 g/mol. The Morgan fingerprint density at radius 2 is 2.00 bits per heavy atom. The summed E-state index contributed by atoms with van der Waals surface area (Å²) in [5.41, 5.74) is 2.77. The third-order valence-electron chi connectivity index (χ3n) is 4.46. The van der Waals surface area contributed by atoms with Gasteiger partial charge in [0.1, 0.15) is 6.04 Å². The monoisotopic (exact) mass is 432 g/mol. The van der Waals surface area contributed by atoms with E-state index in [2.05, 4.69) is 26.2 Å². The van der Waals surface area contributed by atoms with Crippen LogP contribution in [0.5, 0.6) is 11.5 Å². The number of carboxylic acid groups (broad SMARTS) is 1. The quantitative estimate of drug-likeness (QED) is 0.504. The number of aromatic nitrogens is 1. The molecule has 0 amide bonds. The molecule has 0 spiro atoms. The molecule has 2 aromatic carbocycles. The van der Waals surface area contributed by atoms with Crippen molar-refractivity contribution < 1.29 is 19.4 Å². The summed E-state index contributed by atoms with van der Waals surface area (Å²) >= 11 is 3.45. The molecule has 0 bridgehead atoms. The number of hydrogen-bond acceptors (Lipinski definition) is 4. The smallest absolute Gasteiger partial charge is 0.321 e. The summed E-state index contributed by atoms with van der Waals surface area (Å²) in [5.74, 6) is 0.276. The number of rotatable bonds is 8. The number of ether oxygens (including phenoxy) is 2. The summed E-state index contributed by atoms with van der Waals surface area (Å²) in [6.45, 7) is 0.332. The molecule has 0 radical (unpaired) electrons. The van der Waals surface area contributed by atoms with E-state index in [1.165, 1.54) is 0 Å². The van der Waals surface area contributed by atoms with Gasteiger partial charge in [-0.3, -0.25) is 10.1 Å². The summed E-state index contributed by atoms with van der Waals surface area (Å²) in [6, 6.07) is 10.8. The van der Waals surface area contributed by atoms with Crippen molar-refractivity contribution >= 4 is 32.8 Å². The van der Waals surface area contributed by atoms with Crippen molar-refractivity contribution in [3.8, 4) is 11.5 Å². The standard InChI is InChI=1S/C20H21BrN2O4/c1-26-18-9-14(21)7-13(19(18)27-2)11-23-17(20(24)25)8-12-10-22-16-6-4-3-5-15(12)16/h3-7,9-10,17,22-23H,8,11H2,1-2H3,(H,24,25)/t17-/m1/s1. The second-order valence-corrected chi connectivity index (χ2v) is 7.05. The predicted octanol–water partition coefficient (Wildman–Crippen LogP) is 3.73. The van der Waals surface area contributed by atoms with Gasteiger partial charge in [-0.15, -0.1) is 0 Å². The van der Waals surface area contributed by atoms with Crippen molar-refractivity contribution in [2.24, 2.45) is 0 Å². The third-order valence-corrected chi connectivity index (χ3v) is 4.91. The van der Waals surface area contributed by atoms with Crippen molar-refractivity contribution in [2.45, 2.75) is 19.0 Å². The molecule has 0 fully saturated rings. The van der Waals surface area contributed by atoms with Crippen LogP contribution in [0.3, 0.4) is 0 Å². The van der Waals surface area contributed by atoms with Crippen LogP contribution in [0.15, 0.2) is 47.1 Å². The van der Waals surface area contributed by atoms with Gasteiger partial charge in [-0.1, -0.05) is 34.1 Å². The van der Waals surface area contributed by atoms with Crippen molar-refractivity contribution in [1.29, 1.82) is 0 Å². The first-order chi connectivity index (χ1) is 13.0. The van der Waals surface area contributed by atoms with Crippen LogP contribution >= 0.6 is 15.9 Å². The Labute approximate surface area is 165 Å². The highest BCUT2D eigenvalue weighted by Gasteiger charge is 2.21. The molecule has 0 saturated heterocycles. The molecule has 0 unspecified atom stereocenters. The van der Waals surface area contributed by atoms with E-state index in [0.29, 0.717) is 24.5 Å². The van der Waals surface area contributed by atoms with Crippen LogP contribution in [0.2, 0.25) is 0 Å². The van der Waals surface area contributed by atoms with Crippen molar-refractivity contribution in [2.75, 3.05) is 14.2 Å². The molecule has 7 heteroatoms. The number of carbonyl (C=O) groups is 1. The van der Waals surface area contributed by atoms with Crippen LogP contribution in [0, 0.1) is 0 Å². The molecule has 6 nitrogen and oxygen atoms in total. The molecule has 1 atom stereocenters. The molecule has 0 aliphatic carbocycles. The van der Waals surface area contributed by atoms with Crippen LogP contribution in [0.4, 0.5) is 0 Å². The van der Waals surface area contributed by atoms with Gasteiger partial charge in [0.05, 0.1) is 14.2 Å². The lowest BCUT2D eigenvalue weighted by atomic mass is 10.0. The summed E-state index contributed by atoms with van der Waals surface area (Å²) in [7, 11) is 3.13.